The number of carboxylic acid groups (broad SMARTS) is 1. The van der Waals surface area contributed by atoms with E-state index in [-0.39, 0.29) is 6.42 Å². The van der Waals surface area contributed by atoms with E-state index in [1.54, 1.807) is 31.2 Å². The minimum atomic E-state index is -1.70. The third kappa shape index (κ3) is 6.77. The van der Waals surface area contributed by atoms with E-state index in [0.29, 0.717) is 29.0 Å². The zero-order chi connectivity index (χ0) is 29.0. The molecule has 0 saturated heterocycles. The van der Waals surface area contributed by atoms with Crippen molar-refractivity contribution in [2.45, 2.75) is 91.7 Å². The minimum absolute atomic E-state index is 0.0970. The van der Waals surface area contributed by atoms with E-state index in [1.165, 1.54) is 4.68 Å². The average Bonchev–Trinajstić information content (AvgIpc) is 3.22. The third-order valence-electron chi connectivity index (χ3n) is 6.50. The molecule has 210 valence electrons. The molecule has 3 rings (SSSR count). The van der Waals surface area contributed by atoms with Gasteiger partial charge in [0.25, 0.3) is 0 Å². The first-order chi connectivity index (χ1) is 18.3. The van der Waals surface area contributed by atoms with Crippen LogP contribution in [0.4, 0.5) is 10.5 Å². The molecule has 39 heavy (non-hydrogen) atoms. The van der Waals surface area contributed by atoms with Gasteiger partial charge < -0.3 is 24.7 Å². The molecule has 3 aromatic rings. The predicted octanol–water partition coefficient (Wildman–Crippen LogP) is 6.81. The molecule has 2 aromatic carbocycles. The van der Waals surface area contributed by atoms with Crippen LogP contribution in [0.25, 0.3) is 10.9 Å². The number of carbonyl (C=O) groups excluding carboxylic acids is 2. The number of nitrogens with one attached hydrogen (secondary N) is 1. The molecule has 0 aliphatic heterocycles. The van der Waals surface area contributed by atoms with Gasteiger partial charge in [-0.05, 0) is 95.3 Å². The second-order valence-corrected chi connectivity index (χ2v) is 10.9. The Morgan fingerprint density at radius 3 is 2.28 bits per heavy atom. The molecule has 0 amide bonds. The van der Waals surface area contributed by atoms with Crippen molar-refractivity contribution in [2.75, 3.05) is 5.32 Å². The lowest BCUT2D eigenvalue weighted by atomic mass is 9.97. The van der Waals surface area contributed by atoms with Crippen molar-refractivity contribution in [3.63, 3.8) is 0 Å². The number of carbonyl (C=O) groups is 3. The van der Waals surface area contributed by atoms with Crippen LogP contribution in [0.5, 0.6) is 11.5 Å². The van der Waals surface area contributed by atoms with E-state index < -0.39 is 23.2 Å². The highest BCUT2D eigenvalue weighted by Crippen LogP contribution is 2.35. The van der Waals surface area contributed by atoms with E-state index in [1.807, 2.05) is 40.7 Å². The van der Waals surface area contributed by atoms with Crippen molar-refractivity contribution < 1.29 is 29.0 Å². The molecule has 0 spiro atoms. The standard InChI is InChI=1S/C30H39N3O6/c1-8-10-11-12-24-23-17-22(13-14-25(23)33(32-24)28(37)39-29(5,6)7)38-26-19(3)15-21(16-20(26)4)31-30(9-2,18-34)27(35)36/h13-18,31H,8-12H2,1-7H3,(H,35,36). The van der Waals surface area contributed by atoms with Crippen LogP contribution in [0.15, 0.2) is 30.3 Å². The first-order valence-corrected chi connectivity index (χ1v) is 13.4. The maximum absolute atomic E-state index is 12.9. The quantitative estimate of drug-likeness (QED) is 0.156. The highest BCUT2D eigenvalue weighted by molar-refractivity contribution is 6.00. The van der Waals surface area contributed by atoms with Crippen molar-refractivity contribution in [3.05, 3.63) is 47.2 Å². The molecule has 9 heteroatoms. The predicted molar refractivity (Wildman–Crippen MR) is 151 cm³/mol. The number of aryl methyl sites for hydroxylation is 3. The number of benzene rings is 2. The van der Waals surface area contributed by atoms with Crippen LogP contribution >= 0.6 is 0 Å². The SMILES string of the molecule is CCCCCc1nn(C(=O)OC(C)(C)C)c2ccc(Oc3c(C)cc(NC(C=O)(CC)C(=O)O)cc3C)cc12. The number of rotatable bonds is 11. The lowest BCUT2D eigenvalue weighted by Crippen LogP contribution is -2.47. The molecule has 1 aromatic heterocycles. The zero-order valence-electron chi connectivity index (χ0n) is 23.9. The van der Waals surface area contributed by atoms with Gasteiger partial charge >= 0.3 is 12.1 Å². The molecule has 0 aliphatic rings. The fourth-order valence-electron chi connectivity index (χ4n) is 4.41. The maximum Gasteiger partial charge on any atom is 0.435 e. The summed E-state index contributed by atoms with van der Waals surface area (Å²) in [6.07, 6.45) is 3.79. The van der Waals surface area contributed by atoms with Gasteiger partial charge in [0.1, 0.15) is 17.1 Å². The summed E-state index contributed by atoms with van der Waals surface area (Å²) in [5.74, 6) is -0.0303. The minimum Gasteiger partial charge on any atom is -0.479 e. The lowest BCUT2D eigenvalue weighted by Gasteiger charge is -2.25. The van der Waals surface area contributed by atoms with Gasteiger partial charge in [-0.1, -0.05) is 26.7 Å². The van der Waals surface area contributed by atoms with Crippen LogP contribution in [0.2, 0.25) is 0 Å². The molecule has 2 N–H and O–H groups in total. The summed E-state index contributed by atoms with van der Waals surface area (Å²) < 4.78 is 13.2. The number of fused-ring (bicyclic) bond motifs is 1. The number of aromatic nitrogens is 2. The summed E-state index contributed by atoms with van der Waals surface area (Å²) in [6.45, 7) is 13.0. The first kappa shape index (κ1) is 29.7. The molecule has 9 nitrogen and oxygen atoms in total. The fraction of sp³-hybridized carbons (Fsp3) is 0.467. The number of carboxylic acids is 1. The van der Waals surface area contributed by atoms with Crippen LogP contribution in [0.3, 0.4) is 0 Å². The molecular weight excluding hydrogens is 498 g/mol. The Balaban J connectivity index is 1.97. The van der Waals surface area contributed by atoms with Gasteiger partial charge in [0, 0.05) is 11.1 Å². The van der Waals surface area contributed by atoms with Gasteiger partial charge in [-0.15, -0.1) is 0 Å². The van der Waals surface area contributed by atoms with Crippen molar-refractivity contribution in [1.82, 2.24) is 9.78 Å². The summed E-state index contributed by atoms with van der Waals surface area (Å²) in [5, 5.41) is 17.9. The average molecular weight is 538 g/mol. The van der Waals surface area contributed by atoms with Crippen LogP contribution in [-0.4, -0.2) is 44.4 Å². The Morgan fingerprint density at radius 1 is 1.08 bits per heavy atom. The van der Waals surface area contributed by atoms with Gasteiger partial charge in [-0.3, -0.25) is 0 Å². The van der Waals surface area contributed by atoms with Gasteiger partial charge in [-0.2, -0.15) is 9.78 Å². The molecule has 0 fully saturated rings. The molecule has 1 unspecified atom stereocenters. The van der Waals surface area contributed by atoms with E-state index in [2.05, 4.69) is 17.3 Å². The van der Waals surface area contributed by atoms with Gasteiger partial charge in [0.2, 0.25) is 0 Å². The summed E-state index contributed by atoms with van der Waals surface area (Å²) in [7, 11) is 0. The summed E-state index contributed by atoms with van der Waals surface area (Å²) >= 11 is 0. The topological polar surface area (TPSA) is 120 Å². The second-order valence-electron chi connectivity index (χ2n) is 10.9. The Bertz CT molecular complexity index is 1350. The fourth-order valence-corrected chi connectivity index (χ4v) is 4.41. The van der Waals surface area contributed by atoms with E-state index >= 15 is 0 Å². The molecular formula is C30H39N3O6. The monoisotopic (exact) mass is 537 g/mol. The third-order valence-corrected chi connectivity index (χ3v) is 6.50. The van der Waals surface area contributed by atoms with E-state index in [9.17, 15) is 19.5 Å². The smallest absolute Gasteiger partial charge is 0.435 e. The lowest BCUT2D eigenvalue weighted by molar-refractivity contribution is -0.144. The zero-order valence-corrected chi connectivity index (χ0v) is 23.9. The van der Waals surface area contributed by atoms with Crippen LogP contribution < -0.4 is 10.1 Å². The first-order valence-electron chi connectivity index (χ1n) is 13.4. The maximum atomic E-state index is 12.9. The summed E-state index contributed by atoms with van der Waals surface area (Å²) in [4.78, 5) is 36.2. The number of ether oxygens (including phenoxy) is 2. The number of aliphatic carboxylic acids is 1. The van der Waals surface area contributed by atoms with Gasteiger partial charge in [-0.25, -0.2) is 9.59 Å². The van der Waals surface area contributed by atoms with Gasteiger partial charge in [0.05, 0.1) is 11.2 Å². The van der Waals surface area contributed by atoms with Crippen molar-refractivity contribution in [2.24, 2.45) is 0 Å². The number of anilines is 1. The Labute approximate surface area is 229 Å². The second kappa shape index (κ2) is 11.9. The van der Waals surface area contributed by atoms with Crippen LogP contribution in [-0.2, 0) is 20.7 Å². The number of unbranched alkanes of at least 4 members (excludes halogenated alkanes) is 2. The highest BCUT2D eigenvalue weighted by atomic mass is 16.6. The van der Waals surface area contributed by atoms with Crippen LogP contribution in [0.1, 0.15) is 77.1 Å². The van der Waals surface area contributed by atoms with Gasteiger partial charge in [0.15, 0.2) is 11.8 Å². The molecule has 1 heterocycles. The van der Waals surface area contributed by atoms with Crippen molar-refractivity contribution in [1.29, 1.82) is 0 Å². The van der Waals surface area contributed by atoms with Crippen molar-refractivity contribution >= 4 is 34.9 Å². The van der Waals surface area contributed by atoms with Crippen molar-refractivity contribution in [3.8, 4) is 11.5 Å². The molecule has 0 saturated carbocycles. The number of hydrogen-bond acceptors (Lipinski definition) is 7. The normalized spacial score (nSPS) is 13.1. The number of nitrogens with zero attached hydrogens (tertiary/aromatic N) is 2. The molecule has 0 bridgehead atoms. The van der Waals surface area contributed by atoms with E-state index in [4.69, 9.17) is 9.47 Å². The van der Waals surface area contributed by atoms with Crippen LogP contribution in [0, 0.1) is 13.8 Å². The molecule has 0 aliphatic carbocycles. The molecule has 1 atom stereocenters. The Kier molecular flexibility index (Phi) is 9.04. The number of hydrogen-bond donors (Lipinski definition) is 2. The highest BCUT2D eigenvalue weighted by Gasteiger charge is 2.36. The van der Waals surface area contributed by atoms with E-state index in [0.717, 1.165) is 47.9 Å². The summed E-state index contributed by atoms with van der Waals surface area (Å²) in [6, 6.07) is 8.99. The summed E-state index contributed by atoms with van der Waals surface area (Å²) in [5.41, 5.74) is 1.16. The number of aldehydes is 1. The largest absolute Gasteiger partial charge is 0.479 e. The Hall–Kier alpha value is -3.88. The molecule has 0 radical (unpaired) electrons. The Morgan fingerprint density at radius 2 is 1.74 bits per heavy atom.